The number of aliphatic hydroxyl groups is 1. The molecule has 1 N–H and O–H groups in total. The molecule has 1 heterocycles. The summed E-state index contributed by atoms with van der Waals surface area (Å²) in [5.74, 6) is -1.09. The largest absolute Gasteiger partial charge is 0.457 e. The van der Waals surface area contributed by atoms with Crippen molar-refractivity contribution in [3.8, 4) is 0 Å². The van der Waals surface area contributed by atoms with Crippen LogP contribution in [0.15, 0.2) is 0 Å². The lowest BCUT2D eigenvalue weighted by Gasteiger charge is -2.41. The Morgan fingerprint density at radius 3 is 2.00 bits per heavy atom. The van der Waals surface area contributed by atoms with Gasteiger partial charge in [0.1, 0.15) is 6.10 Å². The molecule has 0 unspecified atom stereocenters. The number of ether oxygens (including phenoxy) is 4. The smallest absolute Gasteiger partial charge is 0.303 e. The SMILES string of the molecule is CO[C@@H]1[C@@H](OC(C)=O)[C@@H](O)O[C@H](C)[C@H]1OC(C)=O. The van der Waals surface area contributed by atoms with Crippen LogP contribution in [0, 0.1) is 0 Å². The molecule has 104 valence electrons. The summed E-state index contributed by atoms with van der Waals surface area (Å²) >= 11 is 0. The Morgan fingerprint density at radius 2 is 1.56 bits per heavy atom. The molecule has 7 heteroatoms. The van der Waals surface area contributed by atoms with Crippen LogP contribution >= 0.6 is 0 Å². The van der Waals surface area contributed by atoms with Crippen molar-refractivity contribution in [1.82, 2.24) is 0 Å². The number of carbonyl (C=O) groups is 2. The van der Waals surface area contributed by atoms with Gasteiger partial charge in [-0.2, -0.15) is 0 Å². The van der Waals surface area contributed by atoms with Crippen LogP contribution < -0.4 is 0 Å². The Kier molecular flexibility index (Phi) is 5.06. The molecule has 1 aliphatic rings. The van der Waals surface area contributed by atoms with E-state index < -0.39 is 42.6 Å². The molecule has 0 aliphatic carbocycles. The van der Waals surface area contributed by atoms with Gasteiger partial charge in [0.2, 0.25) is 0 Å². The zero-order chi connectivity index (χ0) is 13.9. The monoisotopic (exact) mass is 262 g/mol. The summed E-state index contributed by atoms with van der Waals surface area (Å²) in [5, 5.41) is 9.72. The van der Waals surface area contributed by atoms with Crippen LogP contribution in [0.2, 0.25) is 0 Å². The standard InChI is InChI=1S/C11H18O7/c1-5-8(17-6(2)12)9(15-4)10(11(14)16-5)18-7(3)13/h5,8-11,14H,1-4H3/t5-,8-,9+,10-,11+/m1/s1. The minimum Gasteiger partial charge on any atom is -0.457 e. The highest BCUT2D eigenvalue weighted by Crippen LogP contribution is 2.26. The maximum Gasteiger partial charge on any atom is 0.303 e. The van der Waals surface area contributed by atoms with E-state index in [1.54, 1.807) is 6.92 Å². The Bertz CT molecular complexity index is 289. The summed E-state index contributed by atoms with van der Waals surface area (Å²) < 4.78 is 20.3. The van der Waals surface area contributed by atoms with E-state index >= 15 is 0 Å². The van der Waals surface area contributed by atoms with Crippen molar-refractivity contribution in [2.45, 2.75) is 51.5 Å². The summed E-state index contributed by atoms with van der Waals surface area (Å²) in [7, 11) is 1.38. The van der Waals surface area contributed by atoms with Gasteiger partial charge in [-0.05, 0) is 6.92 Å². The lowest BCUT2D eigenvalue weighted by atomic mass is 9.99. The second-order valence-electron chi connectivity index (χ2n) is 4.08. The summed E-state index contributed by atoms with van der Waals surface area (Å²) in [5.41, 5.74) is 0. The van der Waals surface area contributed by atoms with Crippen LogP contribution in [0.4, 0.5) is 0 Å². The van der Waals surface area contributed by atoms with Crippen LogP contribution in [0.25, 0.3) is 0 Å². The highest BCUT2D eigenvalue weighted by Gasteiger charge is 2.47. The zero-order valence-electron chi connectivity index (χ0n) is 10.8. The third-order valence-corrected chi connectivity index (χ3v) is 2.62. The Hall–Kier alpha value is -1.18. The van der Waals surface area contributed by atoms with Crippen LogP contribution in [0.1, 0.15) is 20.8 Å². The molecule has 0 amide bonds. The molecule has 0 spiro atoms. The van der Waals surface area contributed by atoms with E-state index in [0.29, 0.717) is 0 Å². The quantitative estimate of drug-likeness (QED) is 0.692. The van der Waals surface area contributed by atoms with Crippen molar-refractivity contribution in [3.05, 3.63) is 0 Å². The van der Waals surface area contributed by atoms with Crippen LogP contribution in [0.5, 0.6) is 0 Å². The second-order valence-corrected chi connectivity index (χ2v) is 4.08. The summed E-state index contributed by atoms with van der Waals surface area (Å²) in [6, 6.07) is 0. The predicted molar refractivity (Wildman–Crippen MR) is 58.5 cm³/mol. The maximum atomic E-state index is 11.0. The lowest BCUT2D eigenvalue weighted by Crippen LogP contribution is -2.59. The lowest BCUT2D eigenvalue weighted by molar-refractivity contribution is -0.289. The molecule has 0 radical (unpaired) electrons. The van der Waals surface area contributed by atoms with Crippen LogP contribution in [0.3, 0.4) is 0 Å². The van der Waals surface area contributed by atoms with Gasteiger partial charge in [0, 0.05) is 21.0 Å². The molecule has 0 saturated carbocycles. The molecule has 0 aromatic heterocycles. The van der Waals surface area contributed by atoms with E-state index in [1.807, 2.05) is 0 Å². The van der Waals surface area contributed by atoms with E-state index in [2.05, 4.69) is 0 Å². The van der Waals surface area contributed by atoms with Crippen molar-refractivity contribution < 1.29 is 33.6 Å². The average Bonchev–Trinajstić information content (AvgIpc) is 2.24. The van der Waals surface area contributed by atoms with Crippen LogP contribution in [-0.2, 0) is 28.5 Å². The van der Waals surface area contributed by atoms with Crippen molar-refractivity contribution in [2.24, 2.45) is 0 Å². The fourth-order valence-corrected chi connectivity index (χ4v) is 1.93. The van der Waals surface area contributed by atoms with Gasteiger partial charge in [-0.15, -0.1) is 0 Å². The fourth-order valence-electron chi connectivity index (χ4n) is 1.93. The summed E-state index contributed by atoms with van der Waals surface area (Å²) in [4.78, 5) is 22.0. The normalized spacial score (nSPS) is 35.9. The Balaban J connectivity index is 2.88. The Morgan fingerprint density at radius 1 is 1.06 bits per heavy atom. The molecular formula is C11H18O7. The zero-order valence-corrected chi connectivity index (χ0v) is 10.8. The highest BCUT2D eigenvalue weighted by molar-refractivity contribution is 5.67. The van der Waals surface area contributed by atoms with Gasteiger partial charge < -0.3 is 24.1 Å². The number of carbonyl (C=O) groups excluding carboxylic acids is 2. The van der Waals surface area contributed by atoms with Gasteiger partial charge in [-0.3, -0.25) is 9.59 Å². The van der Waals surface area contributed by atoms with E-state index in [4.69, 9.17) is 18.9 Å². The minimum atomic E-state index is -1.32. The number of esters is 2. The van der Waals surface area contributed by atoms with Crippen molar-refractivity contribution >= 4 is 11.9 Å². The first kappa shape index (κ1) is 14.9. The van der Waals surface area contributed by atoms with Gasteiger partial charge in [-0.25, -0.2) is 0 Å². The third-order valence-electron chi connectivity index (χ3n) is 2.62. The highest BCUT2D eigenvalue weighted by atomic mass is 16.7. The number of hydrogen-bond acceptors (Lipinski definition) is 7. The molecule has 0 aromatic rings. The van der Waals surface area contributed by atoms with Crippen molar-refractivity contribution in [1.29, 1.82) is 0 Å². The molecule has 0 bridgehead atoms. The van der Waals surface area contributed by atoms with Gasteiger partial charge in [-0.1, -0.05) is 0 Å². The van der Waals surface area contributed by atoms with Gasteiger partial charge in [0.25, 0.3) is 0 Å². The average molecular weight is 262 g/mol. The molecule has 1 fully saturated rings. The Labute approximate surface area is 105 Å². The van der Waals surface area contributed by atoms with Gasteiger partial charge >= 0.3 is 11.9 Å². The van der Waals surface area contributed by atoms with E-state index in [-0.39, 0.29) is 0 Å². The van der Waals surface area contributed by atoms with E-state index in [0.717, 1.165) is 0 Å². The summed E-state index contributed by atoms with van der Waals surface area (Å²) in [6.07, 6.45) is -4.45. The molecule has 1 rings (SSSR count). The first-order chi connectivity index (χ1) is 8.36. The maximum absolute atomic E-state index is 11.0. The fraction of sp³-hybridized carbons (Fsp3) is 0.818. The number of aliphatic hydroxyl groups excluding tert-OH is 1. The minimum absolute atomic E-state index is 0.504. The summed E-state index contributed by atoms with van der Waals surface area (Å²) in [6.45, 7) is 4.09. The molecule has 18 heavy (non-hydrogen) atoms. The number of methoxy groups -OCH3 is 1. The van der Waals surface area contributed by atoms with E-state index in [9.17, 15) is 14.7 Å². The van der Waals surface area contributed by atoms with E-state index in [1.165, 1.54) is 21.0 Å². The predicted octanol–water partition coefficient (Wildman–Crippen LogP) is -0.398. The van der Waals surface area contributed by atoms with Crippen LogP contribution in [-0.4, -0.2) is 54.9 Å². The third kappa shape index (κ3) is 3.41. The molecular weight excluding hydrogens is 244 g/mol. The first-order valence-corrected chi connectivity index (χ1v) is 5.57. The first-order valence-electron chi connectivity index (χ1n) is 5.57. The molecule has 1 saturated heterocycles. The molecule has 1 aliphatic heterocycles. The molecule has 0 aromatic carbocycles. The number of rotatable bonds is 3. The molecule has 7 nitrogen and oxygen atoms in total. The van der Waals surface area contributed by atoms with Crippen molar-refractivity contribution in [2.75, 3.05) is 7.11 Å². The van der Waals surface area contributed by atoms with Gasteiger partial charge in [0.05, 0.1) is 6.10 Å². The topological polar surface area (TPSA) is 91.3 Å². The molecule has 5 atom stereocenters. The van der Waals surface area contributed by atoms with Gasteiger partial charge in [0.15, 0.2) is 18.5 Å². The second kappa shape index (κ2) is 6.12. The van der Waals surface area contributed by atoms with Crippen molar-refractivity contribution in [3.63, 3.8) is 0 Å². The number of hydrogen-bond donors (Lipinski definition) is 1.